The lowest BCUT2D eigenvalue weighted by Crippen LogP contribution is -2.48. The molecule has 0 bridgehead atoms. The monoisotopic (exact) mass is 300 g/mol. The third-order valence-electron chi connectivity index (χ3n) is 3.34. The molecule has 1 atom stereocenters. The normalized spacial score (nSPS) is 19.7. The third-order valence-corrected chi connectivity index (χ3v) is 3.34. The number of carbonyl (C=O) groups is 2. The predicted molar refractivity (Wildman–Crippen MR) is 70.1 cm³/mol. The largest absolute Gasteiger partial charge is 0.344 e. The molecule has 1 N–H and O–H groups in total. The highest BCUT2D eigenvalue weighted by atomic mass is 19.2. The molecule has 2 amide bonds. The van der Waals surface area contributed by atoms with E-state index in [1.165, 1.54) is 0 Å². The van der Waals surface area contributed by atoms with Crippen LogP contribution in [-0.4, -0.2) is 24.4 Å². The van der Waals surface area contributed by atoms with E-state index in [1.54, 1.807) is 13.8 Å². The van der Waals surface area contributed by atoms with Gasteiger partial charge < -0.3 is 10.2 Å². The van der Waals surface area contributed by atoms with E-state index in [2.05, 4.69) is 5.32 Å². The number of nitrogens with one attached hydrogen (secondary N) is 1. The van der Waals surface area contributed by atoms with Crippen LogP contribution >= 0.6 is 0 Å². The molecule has 4 nitrogen and oxygen atoms in total. The number of carbonyl (C=O) groups excluding carboxylic acids is 2. The number of halogens is 3. The minimum Gasteiger partial charge on any atom is -0.344 e. The fraction of sp³-hybridized carbons (Fsp3) is 0.429. The Morgan fingerprint density at radius 3 is 2.52 bits per heavy atom. The van der Waals surface area contributed by atoms with Gasteiger partial charge in [0.25, 0.3) is 0 Å². The molecule has 1 saturated heterocycles. The van der Waals surface area contributed by atoms with Gasteiger partial charge in [0, 0.05) is 25.1 Å². The molecule has 0 spiro atoms. The Morgan fingerprint density at radius 1 is 1.24 bits per heavy atom. The van der Waals surface area contributed by atoms with E-state index in [4.69, 9.17) is 0 Å². The van der Waals surface area contributed by atoms with Crippen molar-refractivity contribution in [2.45, 2.75) is 26.3 Å². The van der Waals surface area contributed by atoms with Gasteiger partial charge in [0.15, 0.2) is 11.6 Å². The van der Waals surface area contributed by atoms with Crippen LogP contribution in [0.3, 0.4) is 0 Å². The van der Waals surface area contributed by atoms with Gasteiger partial charge in [0.2, 0.25) is 11.8 Å². The van der Waals surface area contributed by atoms with E-state index in [1.807, 2.05) is 0 Å². The van der Waals surface area contributed by atoms with E-state index in [0.29, 0.717) is 6.07 Å². The van der Waals surface area contributed by atoms with Gasteiger partial charge in [-0.2, -0.15) is 0 Å². The van der Waals surface area contributed by atoms with Gasteiger partial charge in [0.05, 0.1) is 5.69 Å². The van der Waals surface area contributed by atoms with Crippen LogP contribution < -0.4 is 10.2 Å². The third kappa shape index (κ3) is 3.01. The first kappa shape index (κ1) is 15.3. The summed E-state index contributed by atoms with van der Waals surface area (Å²) in [6, 6.07) is 0.305. The van der Waals surface area contributed by atoms with Crippen LogP contribution in [0.1, 0.15) is 20.3 Å². The second-order valence-corrected chi connectivity index (χ2v) is 5.25. The van der Waals surface area contributed by atoms with Gasteiger partial charge in [-0.1, -0.05) is 13.8 Å². The molecule has 1 aliphatic rings. The summed E-state index contributed by atoms with van der Waals surface area (Å²) in [6.45, 7) is 3.30. The smallest absolute Gasteiger partial charge is 0.249 e. The number of rotatable bonds is 2. The van der Waals surface area contributed by atoms with E-state index in [-0.39, 0.29) is 24.8 Å². The summed E-state index contributed by atoms with van der Waals surface area (Å²) in [7, 11) is 0. The van der Waals surface area contributed by atoms with Crippen molar-refractivity contribution in [1.29, 1.82) is 0 Å². The second kappa shape index (κ2) is 5.75. The fourth-order valence-corrected chi connectivity index (χ4v) is 2.23. The molecule has 0 aliphatic carbocycles. The molecule has 114 valence electrons. The van der Waals surface area contributed by atoms with Gasteiger partial charge in [0.1, 0.15) is 11.9 Å². The number of amides is 2. The average molecular weight is 300 g/mol. The molecule has 2 rings (SSSR count). The first-order chi connectivity index (χ1) is 9.81. The van der Waals surface area contributed by atoms with Crippen molar-refractivity contribution in [3.05, 3.63) is 29.6 Å². The molecule has 0 radical (unpaired) electrons. The van der Waals surface area contributed by atoms with Crippen LogP contribution in [0.25, 0.3) is 0 Å². The highest BCUT2D eigenvalue weighted by molar-refractivity contribution is 6.01. The minimum atomic E-state index is -1.37. The van der Waals surface area contributed by atoms with Crippen LogP contribution in [-0.2, 0) is 9.59 Å². The number of benzene rings is 1. The summed E-state index contributed by atoms with van der Waals surface area (Å²) < 4.78 is 40.5. The van der Waals surface area contributed by atoms with Crippen molar-refractivity contribution in [3.8, 4) is 0 Å². The molecule has 1 aromatic carbocycles. The first-order valence-electron chi connectivity index (χ1n) is 6.56. The molecule has 21 heavy (non-hydrogen) atoms. The fourth-order valence-electron chi connectivity index (χ4n) is 2.23. The Hall–Kier alpha value is -2.05. The lowest BCUT2D eigenvalue weighted by molar-refractivity contribution is -0.126. The molecule has 1 aliphatic heterocycles. The van der Waals surface area contributed by atoms with Crippen molar-refractivity contribution in [2.75, 3.05) is 11.4 Å². The zero-order valence-electron chi connectivity index (χ0n) is 11.6. The van der Waals surface area contributed by atoms with E-state index >= 15 is 0 Å². The standard InChI is InChI=1S/C14H15F3N2O2/c1-7(2)13-14(21)19(4-3-11(20)18-13)10-6-8(15)5-9(16)12(10)17/h5-7,13H,3-4H2,1-2H3,(H,18,20). The molecule has 1 heterocycles. The van der Waals surface area contributed by atoms with Crippen molar-refractivity contribution in [1.82, 2.24) is 5.32 Å². The van der Waals surface area contributed by atoms with Gasteiger partial charge in [-0.05, 0) is 5.92 Å². The van der Waals surface area contributed by atoms with Crippen LogP contribution in [0.4, 0.5) is 18.9 Å². The lowest BCUT2D eigenvalue weighted by Gasteiger charge is -2.26. The highest BCUT2D eigenvalue weighted by Gasteiger charge is 2.34. The van der Waals surface area contributed by atoms with Crippen LogP contribution in [0, 0.1) is 23.4 Å². The Balaban J connectivity index is 2.46. The van der Waals surface area contributed by atoms with Crippen molar-refractivity contribution in [3.63, 3.8) is 0 Å². The molecule has 1 unspecified atom stereocenters. The molecular formula is C14H15F3N2O2. The molecule has 0 saturated carbocycles. The first-order valence-corrected chi connectivity index (χ1v) is 6.56. The van der Waals surface area contributed by atoms with Crippen LogP contribution in [0.2, 0.25) is 0 Å². The summed E-state index contributed by atoms with van der Waals surface area (Å²) >= 11 is 0. The zero-order chi connectivity index (χ0) is 15.7. The maximum Gasteiger partial charge on any atom is 0.249 e. The maximum atomic E-state index is 13.9. The van der Waals surface area contributed by atoms with Crippen molar-refractivity contribution >= 4 is 17.5 Å². The Morgan fingerprint density at radius 2 is 1.90 bits per heavy atom. The predicted octanol–water partition coefficient (Wildman–Crippen LogP) is 1.98. The van der Waals surface area contributed by atoms with Crippen LogP contribution in [0.15, 0.2) is 12.1 Å². The van der Waals surface area contributed by atoms with Gasteiger partial charge in [-0.3, -0.25) is 9.59 Å². The SMILES string of the molecule is CC(C)C1NC(=O)CCN(c2cc(F)cc(F)c2F)C1=O. The number of hydrogen-bond donors (Lipinski definition) is 1. The summed E-state index contributed by atoms with van der Waals surface area (Å²) in [6.07, 6.45) is -0.0630. The summed E-state index contributed by atoms with van der Waals surface area (Å²) in [5, 5.41) is 2.54. The quantitative estimate of drug-likeness (QED) is 0.849. The van der Waals surface area contributed by atoms with Crippen molar-refractivity contribution < 1.29 is 22.8 Å². The van der Waals surface area contributed by atoms with E-state index in [0.717, 1.165) is 11.0 Å². The zero-order valence-corrected chi connectivity index (χ0v) is 11.6. The topological polar surface area (TPSA) is 49.4 Å². The number of nitrogens with zero attached hydrogens (tertiary/aromatic N) is 1. The van der Waals surface area contributed by atoms with Gasteiger partial charge in [-0.25, -0.2) is 13.2 Å². The van der Waals surface area contributed by atoms with E-state index in [9.17, 15) is 22.8 Å². The van der Waals surface area contributed by atoms with Crippen LogP contribution in [0.5, 0.6) is 0 Å². The summed E-state index contributed by atoms with van der Waals surface area (Å²) in [4.78, 5) is 24.9. The molecule has 0 aromatic heterocycles. The number of anilines is 1. The molecule has 1 fully saturated rings. The Bertz CT molecular complexity index is 590. The Kier molecular flexibility index (Phi) is 4.20. The lowest BCUT2D eigenvalue weighted by atomic mass is 10.0. The van der Waals surface area contributed by atoms with Crippen molar-refractivity contribution in [2.24, 2.45) is 5.92 Å². The second-order valence-electron chi connectivity index (χ2n) is 5.25. The molecule has 7 heteroatoms. The van der Waals surface area contributed by atoms with Gasteiger partial charge >= 0.3 is 0 Å². The number of hydrogen-bond acceptors (Lipinski definition) is 2. The maximum absolute atomic E-state index is 13.9. The highest BCUT2D eigenvalue weighted by Crippen LogP contribution is 2.26. The molecule has 1 aromatic rings. The van der Waals surface area contributed by atoms with Gasteiger partial charge in [-0.15, -0.1) is 0 Å². The Labute approximate surface area is 119 Å². The molecular weight excluding hydrogens is 285 g/mol. The van der Waals surface area contributed by atoms with E-state index < -0.39 is 35.1 Å². The summed E-state index contributed by atoms with van der Waals surface area (Å²) in [5.74, 6) is -4.84. The minimum absolute atomic E-state index is 0.0630. The average Bonchev–Trinajstić information content (AvgIpc) is 2.54. The summed E-state index contributed by atoms with van der Waals surface area (Å²) in [5.41, 5.74) is -0.486.